The molecule has 0 aliphatic carbocycles. The lowest BCUT2D eigenvalue weighted by atomic mass is 10.1. The molecule has 0 spiro atoms. The molecule has 76 valence electrons. The topological polar surface area (TPSA) is 43.4 Å². The Morgan fingerprint density at radius 3 is 2.60 bits per heavy atom. The van der Waals surface area contributed by atoms with E-state index in [-0.39, 0.29) is 5.97 Å². The molecule has 0 fully saturated rings. The van der Waals surface area contributed by atoms with Crippen molar-refractivity contribution in [1.29, 1.82) is 0 Å². The first-order valence-corrected chi connectivity index (χ1v) is 4.50. The van der Waals surface area contributed by atoms with Crippen LogP contribution in [0.1, 0.15) is 22.8 Å². The van der Waals surface area contributed by atoms with Crippen LogP contribution in [0.5, 0.6) is 0 Å². The van der Waals surface area contributed by atoms with Crippen molar-refractivity contribution in [1.82, 2.24) is 0 Å². The number of rotatable bonds is 2. The molecule has 0 heterocycles. The molecule has 0 aliphatic heterocycles. The fraction of sp³-hybridized carbons (Fsp3) is 0.167. The van der Waals surface area contributed by atoms with Gasteiger partial charge in [0.25, 0.3) is 0 Å². The van der Waals surface area contributed by atoms with Gasteiger partial charge in [-0.25, -0.2) is 4.79 Å². The first kappa shape index (κ1) is 11.0. The van der Waals surface area contributed by atoms with E-state index < -0.39 is 0 Å². The van der Waals surface area contributed by atoms with Crippen molar-refractivity contribution in [2.45, 2.75) is 6.92 Å². The Bertz CT molecular complexity index is 407. The zero-order valence-corrected chi connectivity index (χ0v) is 8.32. The number of carbonyl (C=O) groups excluding carboxylic acids is 2. The van der Waals surface area contributed by atoms with Crippen LogP contribution in [0.15, 0.2) is 24.3 Å². The molecule has 3 nitrogen and oxygen atoms in total. The number of carbonyl (C=O) groups is 2. The van der Waals surface area contributed by atoms with Crippen molar-refractivity contribution in [3.05, 3.63) is 35.4 Å². The van der Waals surface area contributed by atoms with Crippen LogP contribution in [-0.2, 0) is 9.53 Å². The smallest absolute Gasteiger partial charge is 0.338 e. The molecule has 0 saturated heterocycles. The van der Waals surface area contributed by atoms with E-state index >= 15 is 0 Å². The average molecular weight is 202 g/mol. The Hall–Kier alpha value is -2.08. The second-order valence-corrected chi connectivity index (χ2v) is 2.69. The summed E-state index contributed by atoms with van der Waals surface area (Å²) in [7, 11) is 0. The summed E-state index contributed by atoms with van der Waals surface area (Å²) in [6.07, 6.45) is 0.527. The molecule has 0 unspecified atom stereocenters. The molecule has 0 aromatic heterocycles. The number of hydrogen-bond acceptors (Lipinski definition) is 3. The van der Waals surface area contributed by atoms with Gasteiger partial charge in [0, 0.05) is 5.56 Å². The maximum absolute atomic E-state index is 11.3. The summed E-state index contributed by atoms with van der Waals surface area (Å²) in [5.74, 6) is 4.56. The molecule has 3 heteroatoms. The van der Waals surface area contributed by atoms with Crippen molar-refractivity contribution >= 4 is 12.3 Å². The van der Waals surface area contributed by atoms with Gasteiger partial charge in [0.2, 0.25) is 0 Å². The minimum Gasteiger partial charge on any atom is -0.462 e. The predicted octanol–water partition coefficient (Wildman–Crippen LogP) is 1.41. The maximum Gasteiger partial charge on any atom is 0.338 e. The van der Waals surface area contributed by atoms with Crippen LogP contribution >= 0.6 is 0 Å². The molecule has 1 rings (SSSR count). The molecule has 0 aliphatic rings. The van der Waals surface area contributed by atoms with Gasteiger partial charge in [-0.05, 0) is 37.1 Å². The van der Waals surface area contributed by atoms with Gasteiger partial charge in [-0.1, -0.05) is 5.92 Å². The van der Waals surface area contributed by atoms with Crippen LogP contribution in [0.25, 0.3) is 0 Å². The third-order valence-corrected chi connectivity index (χ3v) is 1.67. The third-order valence-electron chi connectivity index (χ3n) is 1.67. The fourth-order valence-electron chi connectivity index (χ4n) is 1.02. The lowest BCUT2D eigenvalue weighted by Crippen LogP contribution is -2.04. The molecule has 0 radical (unpaired) electrons. The van der Waals surface area contributed by atoms with E-state index in [2.05, 4.69) is 11.8 Å². The van der Waals surface area contributed by atoms with Gasteiger partial charge >= 0.3 is 5.97 Å². The van der Waals surface area contributed by atoms with Gasteiger partial charge in [-0.2, -0.15) is 0 Å². The van der Waals surface area contributed by atoms with Crippen LogP contribution < -0.4 is 0 Å². The van der Waals surface area contributed by atoms with E-state index in [1.54, 1.807) is 31.2 Å². The molecule has 1 aromatic carbocycles. The average Bonchev–Trinajstić information content (AvgIpc) is 2.27. The zero-order chi connectivity index (χ0) is 11.1. The van der Waals surface area contributed by atoms with Gasteiger partial charge in [0.05, 0.1) is 12.2 Å². The molecule has 15 heavy (non-hydrogen) atoms. The molecular weight excluding hydrogens is 192 g/mol. The summed E-state index contributed by atoms with van der Waals surface area (Å²) >= 11 is 0. The summed E-state index contributed by atoms with van der Waals surface area (Å²) in [4.78, 5) is 21.2. The molecule has 0 amide bonds. The van der Waals surface area contributed by atoms with Crippen molar-refractivity contribution in [3.63, 3.8) is 0 Å². The summed E-state index contributed by atoms with van der Waals surface area (Å²) in [5.41, 5.74) is 1.17. The Labute approximate surface area is 88.1 Å². The van der Waals surface area contributed by atoms with Crippen molar-refractivity contribution < 1.29 is 14.3 Å². The minimum atomic E-state index is -0.354. The number of benzene rings is 1. The quantitative estimate of drug-likeness (QED) is 0.414. The van der Waals surface area contributed by atoms with Gasteiger partial charge in [-0.3, -0.25) is 4.79 Å². The van der Waals surface area contributed by atoms with Gasteiger partial charge in [0.1, 0.15) is 0 Å². The highest BCUT2D eigenvalue weighted by molar-refractivity contribution is 5.89. The maximum atomic E-state index is 11.3. The highest BCUT2D eigenvalue weighted by Crippen LogP contribution is 2.04. The van der Waals surface area contributed by atoms with E-state index in [4.69, 9.17) is 4.74 Å². The van der Waals surface area contributed by atoms with Gasteiger partial charge in [-0.15, -0.1) is 0 Å². The molecule has 1 aromatic rings. The van der Waals surface area contributed by atoms with Crippen molar-refractivity contribution in [2.75, 3.05) is 6.61 Å². The second kappa shape index (κ2) is 5.61. The molecule has 0 bridgehead atoms. The summed E-state index contributed by atoms with van der Waals surface area (Å²) in [6.45, 7) is 2.10. The number of aldehydes is 1. The highest BCUT2D eigenvalue weighted by atomic mass is 16.5. The zero-order valence-electron chi connectivity index (χ0n) is 8.32. The van der Waals surface area contributed by atoms with E-state index in [1.165, 1.54) is 0 Å². The Kier molecular flexibility index (Phi) is 4.11. The van der Waals surface area contributed by atoms with Crippen LogP contribution in [0, 0.1) is 11.8 Å². The number of ether oxygens (including phenoxy) is 1. The molecular formula is C12H10O3. The molecule has 0 saturated carbocycles. The fourth-order valence-corrected chi connectivity index (χ4v) is 1.02. The summed E-state index contributed by atoms with van der Waals surface area (Å²) in [5, 5.41) is 0. The first-order valence-electron chi connectivity index (χ1n) is 4.50. The highest BCUT2D eigenvalue weighted by Gasteiger charge is 2.04. The lowest BCUT2D eigenvalue weighted by Gasteiger charge is -2.00. The Morgan fingerprint density at radius 2 is 2.07 bits per heavy atom. The number of hydrogen-bond donors (Lipinski definition) is 0. The van der Waals surface area contributed by atoms with Gasteiger partial charge < -0.3 is 4.74 Å². The van der Waals surface area contributed by atoms with E-state index in [1.807, 2.05) is 0 Å². The normalized spacial score (nSPS) is 8.60. The molecule has 0 atom stereocenters. The van der Waals surface area contributed by atoms with E-state index in [0.717, 1.165) is 0 Å². The summed E-state index contributed by atoms with van der Waals surface area (Å²) in [6, 6.07) is 6.57. The van der Waals surface area contributed by atoms with Crippen LogP contribution in [0.2, 0.25) is 0 Å². The predicted molar refractivity (Wildman–Crippen MR) is 55.3 cm³/mol. The van der Waals surface area contributed by atoms with Crippen molar-refractivity contribution in [2.24, 2.45) is 0 Å². The number of esters is 1. The van der Waals surface area contributed by atoms with E-state index in [9.17, 15) is 9.59 Å². The van der Waals surface area contributed by atoms with Gasteiger partial charge in [0.15, 0.2) is 6.29 Å². The molecule has 0 N–H and O–H groups in total. The van der Waals surface area contributed by atoms with Crippen LogP contribution in [-0.4, -0.2) is 18.9 Å². The second-order valence-electron chi connectivity index (χ2n) is 2.69. The Balaban J connectivity index is 2.80. The standard InChI is InChI=1S/C12H10O3/c1-2-15-12(14)11-7-5-10(6-8-11)4-3-9-13/h5-9H,2H2,1H3. The largest absolute Gasteiger partial charge is 0.462 e. The SMILES string of the molecule is CCOC(=O)c1ccc(C#CC=O)cc1. The monoisotopic (exact) mass is 202 g/mol. The summed E-state index contributed by atoms with van der Waals surface area (Å²) < 4.78 is 4.82. The third kappa shape index (κ3) is 3.28. The lowest BCUT2D eigenvalue weighted by molar-refractivity contribution is -0.103. The van der Waals surface area contributed by atoms with Crippen molar-refractivity contribution in [3.8, 4) is 11.8 Å². The van der Waals surface area contributed by atoms with Crippen LogP contribution in [0.4, 0.5) is 0 Å². The minimum absolute atomic E-state index is 0.353. The van der Waals surface area contributed by atoms with Crippen LogP contribution in [0.3, 0.4) is 0 Å². The Morgan fingerprint density at radius 1 is 1.40 bits per heavy atom. The van der Waals surface area contributed by atoms with E-state index in [0.29, 0.717) is 24.0 Å². The first-order chi connectivity index (χ1) is 7.27.